The smallest absolute Gasteiger partial charge is 0.330 e. The lowest BCUT2D eigenvalue weighted by Gasteiger charge is -2.70. The van der Waals surface area contributed by atoms with Gasteiger partial charge in [-0.25, -0.2) is 9.18 Å². The van der Waals surface area contributed by atoms with Crippen LogP contribution in [-0.4, -0.2) is 36.0 Å². The van der Waals surface area contributed by atoms with Gasteiger partial charge in [0.15, 0.2) is 5.76 Å². The highest BCUT2D eigenvalue weighted by Gasteiger charge is 2.67. The van der Waals surface area contributed by atoms with Crippen molar-refractivity contribution in [2.45, 2.75) is 92.9 Å². The number of fused-ring (bicyclic) bond motifs is 7. The molecule has 5 aliphatic carbocycles. The molecular weight excluding hydrogens is 607 g/mol. The number of carbonyl (C=O) groups excluding carboxylic acids is 3. The summed E-state index contributed by atoms with van der Waals surface area (Å²) >= 11 is 0. The second kappa shape index (κ2) is 12.0. The van der Waals surface area contributed by atoms with Crippen LogP contribution in [0.5, 0.6) is 0 Å². The van der Waals surface area contributed by atoms with Crippen LogP contribution in [0, 0.1) is 38.8 Å². The maximum atomic E-state index is 13.7. The van der Waals surface area contributed by atoms with E-state index in [2.05, 4.69) is 46.8 Å². The van der Waals surface area contributed by atoms with E-state index in [1.54, 1.807) is 24.3 Å². The van der Waals surface area contributed by atoms with Gasteiger partial charge in [-0.2, -0.15) is 0 Å². The highest BCUT2D eigenvalue weighted by atomic mass is 19.1. The van der Waals surface area contributed by atoms with Crippen molar-refractivity contribution < 1.29 is 33.4 Å². The van der Waals surface area contributed by atoms with Crippen molar-refractivity contribution in [3.8, 4) is 0 Å². The Labute approximate surface area is 283 Å². The van der Waals surface area contributed by atoms with Crippen LogP contribution in [0.1, 0.15) is 98.5 Å². The number of hydrogen-bond acceptors (Lipinski definition) is 6. The summed E-state index contributed by atoms with van der Waals surface area (Å²) in [5, 5.41) is 10.4. The van der Waals surface area contributed by atoms with Crippen LogP contribution in [0.25, 0.3) is 6.08 Å². The Morgan fingerprint density at radius 2 is 1.62 bits per heavy atom. The van der Waals surface area contributed by atoms with Gasteiger partial charge in [0.2, 0.25) is 5.78 Å². The number of ether oxygens (including phenoxy) is 2. The summed E-state index contributed by atoms with van der Waals surface area (Å²) in [6.07, 6.45) is 15.9. The van der Waals surface area contributed by atoms with Crippen LogP contribution in [0.15, 0.2) is 76.6 Å². The molecule has 1 aromatic rings. The van der Waals surface area contributed by atoms with E-state index in [1.165, 1.54) is 23.8 Å². The molecule has 0 aliphatic heterocycles. The predicted molar refractivity (Wildman–Crippen MR) is 183 cm³/mol. The number of allylic oxidation sites excluding steroid dienone is 7. The molecule has 6 rings (SSSR count). The summed E-state index contributed by atoms with van der Waals surface area (Å²) in [4.78, 5) is 38.6. The SMILES string of the molecule is CC1=C(O)C(=O)C=C2C1=CC=C1[C@@]2(C)CC[C@@]2(C)[C@@H]3C[C@](C)(C(=O)OCCCOC(=O)/C=C/c4ccc(F)cc4)CC[C@]3(C)CC[C@]12C. The lowest BCUT2D eigenvalue weighted by Crippen LogP contribution is -2.62. The third-order valence-electron chi connectivity index (χ3n) is 13.4. The number of hydrogen-bond donors (Lipinski definition) is 1. The average Bonchev–Trinajstić information content (AvgIpc) is 3.05. The Hall–Kier alpha value is -3.74. The minimum atomic E-state index is -0.605. The van der Waals surface area contributed by atoms with Crippen molar-refractivity contribution in [2.24, 2.45) is 33.0 Å². The fourth-order valence-electron chi connectivity index (χ4n) is 10.00. The van der Waals surface area contributed by atoms with Gasteiger partial charge in [-0.05, 0) is 122 Å². The summed E-state index contributed by atoms with van der Waals surface area (Å²) in [5.74, 6) is -1.17. The van der Waals surface area contributed by atoms with Crippen LogP contribution in [0.2, 0.25) is 0 Å². The topological polar surface area (TPSA) is 89.9 Å². The van der Waals surface area contributed by atoms with Gasteiger partial charge in [0, 0.05) is 23.5 Å². The molecule has 5 aliphatic rings. The van der Waals surface area contributed by atoms with E-state index >= 15 is 0 Å². The van der Waals surface area contributed by atoms with E-state index < -0.39 is 11.4 Å². The molecule has 0 radical (unpaired) electrons. The minimum Gasteiger partial charge on any atom is -0.504 e. The van der Waals surface area contributed by atoms with E-state index in [4.69, 9.17) is 9.47 Å². The van der Waals surface area contributed by atoms with Gasteiger partial charge in [0.05, 0.1) is 18.6 Å². The molecule has 3 saturated carbocycles. The predicted octanol–water partition coefficient (Wildman–Crippen LogP) is 8.94. The molecule has 1 N–H and O–H groups in total. The summed E-state index contributed by atoms with van der Waals surface area (Å²) in [6, 6.07) is 5.82. The molecular formula is C41H49FO6. The quantitative estimate of drug-likeness (QED) is 0.179. The monoisotopic (exact) mass is 656 g/mol. The molecule has 48 heavy (non-hydrogen) atoms. The lowest BCUT2D eigenvalue weighted by atomic mass is 9.34. The lowest BCUT2D eigenvalue weighted by molar-refractivity contribution is -0.182. The van der Waals surface area contributed by atoms with Gasteiger partial charge < -0.3 is 14.6 Å². The minimum absolute atomic E-state index is 0.0550. The van der Waals surface area contributed by atoms with Crippen LogP contribution in [0.3, 0.4) is 0 Å². The molecule has 3 fully saturated rings. The second-order valence-electron chi connectivity index (χ2n) is 16.2. The molecule has 0 unspecified atom stereocenters. The van der Waals surface area contributed by atoms with Gasteiger partial charge in [0.25, 0.3) is 0 Å². The first-order chi connectivity index (χ1) is 22.6. The van der Waals surface area contributed by atoms with E-state index in [0.717, 1.165) is 56.1 Å². The Balaban J connectivity index is 1.12. The van der Waals surface area contributed by atoms with Crippen LogP contribution in [0.4, 0.5) is 4.39 Å². The van der Waals surface area contributed by atoms with Gasteiger partial charge in [0.1, 0.15) is 5.82 Å². The number of ketones is 1. The van der Waals surface area contributed by atoms with Gasteiger partial charge >= 0.3 is 11.9 Å². The zero-order valence-electron chi connectivity index (χ0n) is 29.2. The van der Waals surface area contributed by atoms with Crippen molar-refractivity contribution in [3.05, 3.63) is 88.0 Å². The van der Waals surface area contributed by atoms with Gasteiger partial charge in [-0.3, -0.25) is 9.59 Å². The fraction of sp³-hybridized carbons (Fsp3) is 0.537. The normalized spacial score (nSPS) is 35.8. The summed E-state index contributed by atoms with van der Waals surface area (Å²) in [7, 11) is 0. The fourth-order valence-corrected chi connectivity index (χ4v) is 10.00. The Morgan fingerprint density at radius 3 is 2.35 bits per heavy atom. The first kappa shape index (κ1) is 34.1. The molecule has 0 bridgehead atoms. The standard InChI is InChI=1S/C41H49FO6/c1-26-29-13-14-32-39(4,30(29)24-31(43)35(26)45)19-21-41(6)33-25-38(3,17-16-37(33,2)18-20-40(32,41)5)36(46)48-23-7-22-47-34(44)15-10-27-8-11-28(42)12-9-27/h8-15,24,33,45H,7,16-23,25H2,1-6H3/b15-10+/t33-,37-,38-,39+,40-,41+/m1/s1. The molecule has 0 amide bonds. The van der Waals surface area contributed by atoms with Crippen LogP contribution in [-0.2, 0) is 23.9 Å². The van der Waals surface area contributed by atoms with E-state index in [9.17, 15) is 23.9 Å². The van der Waals surface area contributed by atoms with Gasteiger partial charge in [-0.15, -0.1) is 0 Å². The molecule has 0 spiro atoms. The molecule has 6 nitrogen and oxygen atoms in total. The number of halogens is 1. The largest absolute Gasteiger partial charge is 0.504 e. The highest BCUT2D eigenvalue weighted by molar-refractivity contribution is 6.06. The van der Waals surface area contributed by atoms with Crippen molar-refractivity contribution in [1.82, 2.24) is 0 Å². The Kier molecular flexibility index (Phi) is 8.53. The summed E-state index contributed by atoms with van der Waals surface area (Å²) in [6.45, 7) is 13.8. The van der Waals surface area contributed by atoms with Crippen molar-refractivity contribution in [3.63, 3.8) is 0 Å². The molecule has 0 saturated heterocycles. The number of esters is 2. The Bertz CT molecular complexity index is 1690. The average molecular weight is 657 g/mol. The van der Waals surface area contributed by atoms with E-state index in [0.29, 0.717) is 23.5 Å². The third-order valence-corrected chi connectivity index (χ3v) is 13.4. The van der Waals surface area contributed by atoms with Gasteiger partial charge in [-0.1, -0.05) is 57.6 Å². The maximum Gasteiger partial charge on any atom is 0.330 e. The third kappa shape index (κ3) is 5.42. The van der Waals surface area contributed by atoms with Crippen molar-refractivity contribution in [1.29, 1.82) is 0 Å². The molecule has 7 heteroatoms. The van der Waals surface area contributed by atoms with E-state index in [-0.39, 0.29) is 58.2 Å². The van der Waals surface area contributed by atoms with Crippen molar-refractivity contribution >= 4 is 23.8 Å². The Morgan fingerprint density at radius 1 is 0.938 bits per heavy atom. The number of aliphatic hydroxyl groups excluding tert-OH is 1. The first-order valence-electron chi connectivity index (χ1n) is 17.4. The summed E-state index contributed by atoms with van der Waals surface area (Å²) < 4.78 is 24.2. The zero-order chi connectivity index (χ0) is 34.7. The number of aliphatic hydroxyl groups is 1. The van der Waals surface area contributed by atoms with Crippen LogP contribution < -0.4 is 0 Å². The maximum absolute atomic E-state index is 13.7. The highest BCUT2D eigenvalue weighted by Crippen LogP contribution is 2.75. The number of rotatable bonds is 7. The molecule has 0 aromatic heterocycles. The molecule has 256 valence electrons. The molecule has 0 heterocycles. The zero-order valence-corrected chi connectivity index (χ0v) is 29.2. The summed E-state index contributed by atoms with van der Waals surface area (Å²) in [5.41, 5.74) is 3.78. The number of carbonyl (C=O) groups is 3. The second-order valence-corrected chi connectivity index (χ2v) is 16.2. The molecule has 6 atom stereocenters. The first-order valence-corrected chi connectivity index (χ1v) is 17.4. The number of benzene rings is 1. The van der Waals surface area contributed by atoms with Crippen LogP contribution >= 0.6 is 0 Å². The molecule has 1 aromatic carbocycles. The van der Waals surface area contributed by atoms with E-state index in [1.807, 2.05) is 6.92 Å². The van der Waals surface area contributed by atoms with Crippen molar-refractivity contribution in [2.75, 3.05) is 13.2 Å².